The fourth-order valence-electron chi connectivity index (χ4n) is 9.00. The second-order valence-corrected chi connectivity index (χ2v) is 76.7. The third-order valence-electron chi connectivity index (χ3n) is 11.7. The van der Waals surface area contributed by atoms with E-state index < -0.39 is 80.0 Å². The molecule has 0 aliphatic carbocycles. The maximum Gasteiger partial charge on any atom is 0.247 e. The van der Waals surface area contributed by atoms with Crippen molar-refractivity contribution in [2.24, 2.45) is 0 Å². The molecule has 3 aromatic carbocycles. The van der Waals surface area contributed by atoms with E-state index in [0.29, 0.717) is 0 Å². The first kappa shape index (κ1) is 50.5. The van der Waals surface area contributed by atoms with Crippen molar-refractivity contribution in [2.45, 2.75) is 177 Å². The van der Waals surface area contributed by atoms with Crippen molar-refractivity contribution in [3.63, 3.8) is 0 Å². The normalized spacial score (nSPS) is 14.8. The molecule has 0 fully saturated rings. The zero-order valence-corrected chi connectivity index (χ0v) is 52.6. The van der Waals surface area contributed by atoms with Gasteiger partial charge in [0, 0.05) is 0 Å². The molecule has 0 aliphatic heterocycles. The van der Waals surface area contributed by atoms with Crippen molar-refractivity contribution in [1.29, 1.82) is 0 Å². The van der Waals surface area contributed by atoms with E-state index in [4.69, 9.17) is 0 Å². The highest BCUT2D eigenvalue weighted by atomic mass is 35.6. The van der Waals surface area contributed by atoms with Gasteiger partial charge in [-0.25, -0.2) is 0 Å². The predicted molar refractivity (Wildman–Crippen MR) is 297 cm³/mol. The zero-order chi connectivity index (χ0) is 44.2. The summed E-state index contributed by atoms with van der Waals surface area (Å²) in [6.45, 7) is 70.3. The van der Waals surface area contributed by atoms with Gasteiger partial charge in [0.25, 0.3) is 0 Å². The first-order valence-electron chi connectivity index (χ1n) is 21.7. The highest BCUT2D eigenvalue weighted by Gasteiger charge is 2.47. The molecule has 0 radical (unpaired) electrons. The van der Waals surface area contributed by atoms with E-state index in [1.54, 1.807) is 46.7 Å². The fraction of sp³-hybridized carbons (Fsp3) is 0.600. The summed E-state index contributed by atoms with van der Waals surface area (Å²) >= 11 is 9.21. The van der Waals surface area contributed by atoms with E-state index in [0.717, 1.165) is 0 Å². The number of rotatable bonds is 12. The molecule has 56 heavy (non-hydrogen) atoms. The van der Waals surface area contributed by atoms with Crippen LogP contribution in [0.3, 0.4) is 0 Å². The predicted octanol–water partition coefficient (Wildman–Crippen LogP) is 7.80. The van der Waals surface area contributed by atoms with Crippen LogP contribution in [0.15, 0.2) is 36.4 Å². The summed E-state index contributed by atoms with van der Waals surface area (Å²) in [5.74, 6) is 0. The molecule has 0 amide bonds. The maximum atomic E-state index is 9.21. The third-order valence-corrected chi connectivity index (χ3v) is 36.6. The Morgan fingerprint density at radius 2 is 0.357 bits per heavy atom. The molecule has 3 rings (SSSR count). The minimum Gasteiger partial charge on any atom is -0.149 e. The first-order valence-corrected chi connectivity index (χ1v) is 56.2. The molecule has 0 saturated carbocycles. The van der Waals surface area contributed by atoms with Gasteiger partial charge in [0.1, 0.15) is 0 Å². The molecule has 0 saturated heterocycles. The van der Waals surface area contributed by atoms with Crippen LogP contribution in [0.5, 0.6) is 0 Å². The van der Waals surface area contributed by atoms with Gasteiger partial charge in [-0.3, -0.25) is 0 Å². The lowest BCUT2D eigenvalue weighted by Gasteiger charge is -2.41. The van der Waals surface area contributed by atoms with Crippen LogP contribution in [0.2, 0.25) is 177 Å². The molecular weight excluding hydrogens is 857 g/mol. The molecule has 0 aliphatic rings. The Labute approximate surface area is 363 Å². The smallest absolute Gasteiger partial charge is 0.149 e. The molecule has 3 aromatic rings. The highest BCUT2D eigenvalue weighted by Crippen LogP contribution is 2.19. The van der Waals surface area contributed by atoms with Gasteiger partial charge in [0.15, 0.2) is 0 Å². The van der Waals surface area contributed by atoms with Gasteiger partial charge in [0.2, 0.25) is 7.38 Å². The standard InChI is InChI=1S/C45H87ClSi10/c1-47(2,3)37-28-34(29-38(48(4,5)6)43(37)53(19,20)21)56(46,35-30-39(49(7,8)9)44(54(22,23)24)40(31-35)50(10,11)12)36-32-41(51(13,14)15)45(55(25,26)27)42(33-36)52(16,17)18/h28-33H,1-27H3. The van der Waals surface area contributed by atoms with Gasteiger partial charge in [-0.05, 0) is 15.6 Å². The van der Waals surface area contributed by atoms with E-state index in [1.165, 1.54) is 15.6 Å². The molecule has 0 N–H and O–H groups in total. The number of hydrogen-bond acceptors (Lipinski definition) is 0. The first-order chi connectivity index (χ1) is 24.4. The molecule has 0 aromatic heterocycles. The molecule has 0 unspecified atom stereocenters. The van der Waals surface area contributed by atoms with E-state index in [-0.39, 0.29) is 0 Å². The van der Waals surface area contributed by atoms with E-state index in [9.17, 15) is 11.1 Å². The summed E-state index contributed by atoms with van der Waals surface area (Å²) in [5, 5.41) is 20.0. The maximum absolute atomic E-state index is 9.21. The van der Waals surface area contributed by atoms with Crippen LogP contribution in [-0.2, 0) is 0 Å². The van der Waals surface area contributed by atoms with Crippen molar-refractivity contribution < 1.29 is 0 Å². The fourth-order valence-corrected chi connectivity index (χ4v) is 41.9. The molecule has 0 bridgehead atoms. The number of hydrogen-bond donors (Lipinski definition) is 0. The van der Waals surface area contributed by atoms with Crippen molar-refractivity contribution in [3.8, 4) is 0 Å². The lowest BCUT2D eigenvalue weighted by molar-refractivity contribution is 1.65. The van der Waals surface area contributed by atoms with Crippen LogP contribution in [0, 0.1) is 0 Å². The molecular formula is C45H87ClSi10. The Balaban J connectivity index is 3.00. The summed E-state index contributed by atoms with van der Waals surface area (Å²) < 4.78 is 0. The number of halogens is 1. The van der Waals surface area contributed by atoms with Crippen molar-refractivity contribution >= 4 is 153 Å². The van der Waals surface area contributed by atoms with Crippen LogP contribution in [0.4, 0.5) is 0 Å². The second-order valence-electron chi connectivity index (χ2n) is 26.7. The molecule has 0 nitrogen and oxygen atoms in total. The second kappa shape index (κ2) is 15.5. The minimum atomic E-state index is -3.13. The van der Waals surface area contributed by atoms with Crippen LogP contribution >= 0.6 is 11.1 Å². The minimum absolute atomic E-state index is 1.48. The number of benzene rings is 3. The van der Waals surface area contributed by atoms with E-state index in [2.05, 4.69) is 213 Å². The molecule has 314 valence electrons. The Morgan fingerprint density at radius 3 is 0.446 bits per heavy atom. The topological polar surface area (TPSA) is 0 Å². The Morgan fingerprint density at radius 1 is 0.232 bits per heavy atom. The lowest BCUT2D eigenvalue weighted by atomic mass is 10.3. The van der Waals surface area contributed by atoms with E-state index in [1.807, 2.05) is 0 Å². The van der Waals surface area contributed by atoms with Crippen molar-refractivity contribution in [3.05, 3.63) is 36.4 Å². The Kier molecular flexibility index (Phi) is 14.0. The SMILES string of the molecule is C[Si](C)(C)c1cc([Si](Cl)(c2cc([Si](C)(C)C)c([Si](C)(C)C)c([Si](C)(C)C)c2)c2cc([Si](C)(C)C)c([Si](C)(C)C)c([Si](C)(C)C)c2)cc([Si](C)(C)C)c1[Si](C)(C)C. The van der Waals surface area contributed by atoms with Crippen LogP contribution in [0.25, 0.3) is 0 Å². The molecule has 0 spiro atoms. The average Bonchev–Trinajstić information content (AvgIpc) is 2.94. The monoisotopic (exact) mass is 942 g/mol. The third kappa shape index (κ3) is 10.6. The van der Waals surface area contributed by atoms with Gasteiger partial charge < -0.3 is 0 Å². The lowest BCUT2D eigenvalue weighted by Crippen LogP contribution is -2.75. The molecule has 0 atom stereocenters. The average molecular weight is 945 g/mol. The Bertz CT molecular complexity index is 1620. The van der Waals surface area contributed by atoms with Gasteiger partial charge >= 0.3 is 0 Å². The van der Waals surface area contributed by atoms with Gasteiger partial charge in [-0.2, -0.15) is 0 Å². The van der Waals surface area contributed by atoms with Crippen LogP contribution in [-0.4, -0.2) is 80.0 Å². The van der Waals surface area contributed by atoms with Crippen LogP contribution < -0.4 is 62.2 Å². The summed E-state index contributed by atoms with van der Waals surface area (Å²) in [6.07, 6.45) is 0. The molecule has 0 heterocycles. The molecule has 11 heteroatoms. The van der Waals surface area contributed by atoms with Crippen molar-refractivity contribution in [2.75, 3.05) is 0 Å². The van der Waals surface area contributed by atoms with Gasteiger partial charge in [-0.15, -0.1) is 11.1 Å². The quantitative estimate of drug-likeness (QED) is 0.0990. The van der Waals surface area contributed by atoms with Gasteiger partial charge in [-0.1, -0.05) is 260 Å². The van der Waals surface area contributed by atoms with E-state index >= 15 is 0 Å². The van der Waals surface area contributed by atoms with Crippen LogP contribution in [0.1, 0.15) is 0 Å². The summed E-state index contributed by atoms with van der Waals surface area (Å²) in [7, 11) is -18.9. The largest absolute Gasteiger partial charge is 0.247 e. The van der Waals surface area contributed by atoms with Crippen molar-refractivity contribution in [1.82, 2.24) is 0 Å². The Hall–Kier alpha value is 0.119. The zero-order valence-electron chi connectivity index (χ0n) is 41.8. The summed E-state index contributed by atoms with van der Waals surface area (Å²) in [4.78, 5) is 0. The summed E-state index contributed by atoms with van der Waals surface area (Å²) in [5.41, 5.74) is 0. The van der Waals surface area contributed by atoms with Gasteiger partial charge in [0.05, 0.1) is 72.7 Å². The summed E-state index contributed by atoms with van der Waals surface area (Å²) in [6, 6.07) is 16.5. The highest BCUT2D eigenvalue weighted by molar-refractivity contribution is 7.41.